The molecule has 1 aromatic rings. The Morgan fingerprint density at radius 3 is 2.28 bits per heavy atom. The fourth-order valence-corrected chi connectivity index (χ4v) is 1.66. The quantitative estimate of drug-likeness (QED) is 0.856. The molecule has 1 atom stereocenters. The van der Waals surface area contributed by atoms with Crippen molar-refractivity contribution in [1.29, 1.82) is 0 Å². The second kappa shape index (κ2) is 4.55. The third-order valence-electron chi connectivity index (χ3n) is 2.72. The van der Waals surface area contributed by atoms with E-state index < -0.39 is 6.29 Å². The van der Waals surface area contributed by atoms with E-state index in [4.69, 9.17) is 5.73 Å². The highest BCUT2D eigenvalue weighted by molar-refractivity contribution is 5.85. The van der Waals surface area contributed by atoms with E-state index in [-0.39, 0.29) is 35.4 Å². The van der Waals surface area contributed by atoms with Crippen LogP contribution in [-0.4, -0.2) is 6.29 Å². The van der Waals surface area contributed by atoms with Gasteiger partial charge in [0.15, 0.2) is 11.5 Å². The molecule has 0 bridgehead atoms. The zero-order valence-electron chi connectivity index (χ0n) is 10.4. The second-order valence-electron chi connectivity index (χ2n) is 5.22. The Morgan fingerprint density at radius 1 is 1.17 bits per heavy atom. The number of hydrogen-bond acceptors (Lipinski definition) is 3. The van der Waals surface area contributed by atoms with Crippen LogP contribution < -0.4 is 15.2 Å². The third-order valence-corrected chi connectivity index (χ3v) is 2.72. The lowest BCUT2D eigenvalue weighted by atomic mass is 9.83. The number of rotatable bonds is 1. The molecule has 0 saturated carbocycles. The number of nitrogens with two attached hydrogens (primary N) is 1. The first kappa shape index (κ1) is 15.0. The third kappa shape index (κ3) is 2.84. The number of hydrogen-bond donors (Lipinski definition) is 1. The summed E-state index contributed by atoms with van der Waals surface area (Å²) in [5, 5.41) is 0. The highest BCUT2D eigenvalue weighted by atomic mass is 35.5. The Kier molecular flexibility index (Phi) is 3.79. The van der Waals surface area contributed by atoms with Gasteiger partial charge in [-0.2, -0.15) is 0 Å². The molecule has 6 heteroatoms. The first-order chi connectivity index (χ1) is 7.69. The van der Waals surface area contributed by atoms with Crippen molar-refractivity contribution in [3.8, 4) is 11.5 Å². The lowest BCUT2D eigenvalue weighted by molar-refractivity contribution is -0.286. The number of fused-ring (bicyclic) bond motifs is 1. The maximum atomic E-state index is 12.8. The molecule has 0 spiro atoms. The molecule has 2 rings (SSSR count). The molecule has 1 heterocycles. The molecule has 0 aromatic heterocycles. The Labute approximate surface area is 111 Å². The van der Waals surface area contributed by atoms with Crippen molar-refractivity contribution >= 4 is 12.4 Å². The van der Waals surface area contributed by atoms with Crippen LogP contribution in [0.2, 0.25) is 0 Å². The highest BCUT2D eigenvalue weighted by Crippen LogP contribution is 2.43. The standard InChI is InChI=1S/C12H15F2NO2.ClH/c1-11(2,3)10(15)7-4-5-8-9(6-7)17-12(13,14)16-8;/h4-6,10H,15H2,1-3H3;1H/t10-;/m1./s1. The van der Waals surface area contributed by atoms with Crippen molar-refractivity contribution in [1.82, 2.24) is 0 Å². The summed E-state index contributed by atoms with van der Waals surface area (Å²) in [6.07, 6.45) is -3.58. The summed E-state index contributed by atoms with van der Waals surface area (Å²) in [7, 11) is 0. The van der Waals surface area contributed by atoms with Crippen LogP contribution in [0.25, 0.3) is 0 Å². The van der Waals surface area contributed by atoms with Gasteiger partial charge in [0.05, 0.1) is 0 Å². The molecule has 0 radical (unpaired) electrons. The topological polar surface area (TPSA) is 44.5 Å². The van der Waals surface area contributed by atoms with Gasteiger partial charge in [-0.15, -0.1) is 21.2 Å². The Morgan fingerprint density at radius 2 is 1.72 bits per heavy atom. The molecular weight excluding hydrogens is 264 g/mol. The van der Waals surface area contributed by atoms with E-state index in [9.17, 15) is 8.78 Å². The fourth-order valence-electron chi connectivity index (χ4n) is 1.66. The van der Waals surface area contributed by atoms with Crippen molar-refractivity contribution < 1.29 is 18.3 Å². The molecule has 18 heavy (non-hydrogen) atoms. The molecule has 2 N–H and O–H groups in total. The van der Waals surface area contributed by atoms with Gasteiger partial charge in [-0.3, -0.25) is 0 Å². The normalized spacial score (nSPS) is 18.1. The minimum atomic E-state index is -3.58. The average Bonchev–Trinajstić information content (AvgIpc) is 2.47. The zero-order chi connectivity index (χ0) is 12.8. The van der Waals surface area contributed by atoms with Crippen LogP contribution in [0.5, 0.6) is 11.5 Å². The molecule has 0 saturated heterocycles. The highest BCUT2D eigenvalue weighted by Gasteiger charge is 2.43. The van der Waals surface area contributed by atoms with E-state index in [0.717, 1.165) is 5.56 Å². The minimum absolute atomic E-state index is 0. The molecule has 3 nitrogen and oxygen atoms in total. The monoisotopic (exact) mass is 279 g/mol. The fraction of sp³-hybridized carbons (Fsp3) is 0.500. The molecule has 0 unspecified atom stereocenters. The summed E-state index contributed by atoms with van der Waals surface area (Å²) in [6.45, 7) is 5.95. The molecule has 1 aliphatic heterocycles. The van der Waals surface area contributed by atoms with Crippen molar-refractivity contribution in [2.45, 2.75) is 33.1 Å². The van der Waals surface area contributed by atoms with E-state index in [1.54, 1.807) is 6.07 Å². The van der Waals surface area contributed by atoms with Crippen molar-refractivity contribution in [3.63, 3.8) is 0 Å². The number of ether oxygens (including phenoxy) is 2. The predicted octanol–water partition coefficient (Wildman–Crippen LogP) is 3.48. The second-order valence-corrected chi connectivity index (χ2v) is 5.22. The van der Waals surface area contributed by atoms with Crippen LogP contribution in [-0.2, 0) is 0 Å². The molecule has 0 aliphatic carbocycles. The number of halogens is 3. The lowest BCUT2D eigenvalue weighted by Crippen LogP contribution is -2.26. The maximum Gasteiger partial charge on any atom is 0.586 e. The summed E-state index contributed by atoms with van der Waals surface area (Å²) in [4.78, 5) is 0. The van der Waals surface area contributed by atoms with Crippen molar-refractivity contribution in [2.75, 3.05) is 0 Å². The smallest absolute Gasteiger partial charge is 0.395 e. The summed E-state index contributed by atoms with van der Waals surface area (Å²) in [5.41, 5.74) is 6.64. The van der Waals surface area contributed by atoms with Crippen LogP contribution in [0, 0.1) is 5.41 Å². The molecule has 0 amide bonds. The largest absolute Gasteiger partial charge is 0.586 e. The van der Waals surface area contributed by atoms with Crippen molar-refractivity contribution in [3.05, 3.63) is 23.8 Å². The van der Waals surface area contributed by atoms with Gasteiger partial charge >= 0.3 is 6.29 Å². The molecule has 102 valence electrons. The van der Waals surface area contributed by atoms with E-state index in [1.807, 2.05) is 20.8 Å². The summed E-state index contributed by atoms with van der Waals surface area (Å²) in [5.74, 6) is 0.0760. The Balaban J connectivity index is 0.00000162. The summed E-state index contributed by atoms with van der Waals surface area (Å²) in [6, 6.07) is 4.38. The van der Waals surface area contributed by atoms with Crippen LogP contribution in [0.15, 0.2) is 18.2 Å². The van der Waals surface area contributed by atoms with E-state index in [1.165, 1.54) is 12.1 Å². The van der Waals surface area contributed by atoms with Crippen LogP contribution in [0.1, 0.15) is 32.4 Å². The molecule has 1 aromatic carbocycles. The summed E-state index contributed by atoms with van der Waals surface area (Å²) >= 11 is 0. The van der Waals surface area contributed by atoms with E-state index in [0.29, 0.717) is 0 Å². The molecule has 0 fully saturated rings. The zero-order valence-corrected chi connectivity index (χ0v) is 11.2. The SMILES string of the molecule is CC(C)(C)[C@H](N)c1ccc2c(c1)OC(F)(F)O2.Cl. The van der Waals surface area contributed by atoms with E-state index in [2.05, 4.69) is 9.47 Å². The number of benzene rings is 1. The predicted molar refractivity (Wildman–Crippen MR) is 66.3 cm³/mol. The van der Waals surface area contributed by atoms with Gasteiger partial charge in [-0.05, 0) is 23.1 Å². The van der Waals surface area contributed by atoms with Gasteiger partial charge in [0.1, 0.15) is 0 Å². The minimum Gasteiger partial charge on any atom is -0.395 e. The average molecular weight is 280 g/mol. The van der Waals surface area contributed by atoms with Crippen molar-refractivity contribution in [2.24, 2.45) is 11.1 Å². The van der Waals surface area contributed by atoms with Crippen LogP contribution in [0.3, 0.4) is 0 Å². The first-order valence-electron chi connectivity index (χ1n) is 5.34. The van der Waals surface area contributed by atoms with E-state index >= 15 is 0 Å². The first-order valence-corrected chi connectivity index (χ1v) is 5.34. The Hall–Kier alpha value is -1.07. The lowest BCUT2D eigenvalue weighted by Gasteiger charge is -2.27. The van der Waals surface area contributed by atoms with Gasteiger partial charge in [-0.1, -0.05) is 26.8 Å². The number of alkyl halides is 2. The van der Waals surface area contributed by atoms with Gasteiger partial charge in [0.25, 0.3) is 0 Å². The maximum absolute atomic E-state index is 12.8. The van der Waals surface area contributed by atoms with Gasteiger partial charge < -0.3 is 15.2 Å². The van der Waals surface area contributed by atoms with Gasteiger partial charge in [-0.25, -0.2) is 0 Å². The van der Waals surface area contributed by atoms with Crippen LogP contribution in [0.4, 0.5) is 8.78 Å². The summed E-state index contributed by atoms with van der Waals surface area (Å²) < 4.78 is 34.4. The Bertz CT molecular complexity index is 446. The molecular formula is C12H16ClF2NO2. The van der Waals surface area contributed by atoms with Crippen LogP contribution >= 0.6 is 12.4 Å². The van der Waals surface area contributed by atoms with Gasteiger partial charge in [0, 0.05) is 6.04 Å². The molecule has 1 aliphatic rings. The van der Waals surface area contributed by atoms with Gasteiger partial charge in [0.2, 0.25) is 0 Å².